The average Bonchev–Trinajstić information content (AvgIpc) is 2.78. The molecule has 1 aromatic carbocycles. The van der Waals surface area contributed by atoms with E-state index in [1.165, 1.54) is 34.4 Å². The van der Waals surface area contributed by atoms with E-state index in [0.29, 0.717) is 0 Å². The Morgan fingerprint density at radius 3 is 2.69 bits per heavy atom. The van der Waals surface area contributed by atoms with Gasteiger partial charge in [0, 0.05) is 31.4 Å². The number of fused-ring (bicyclic) bond motifs is 1. The van der Waals surface area contributed by atoms with Crippen LogP contribution in [0.5, 0.6) is 0 Å². The van der Waals surface area contributed by atoms with E-state index in [-0.39, 0.29) is 0 Å². The van der Waals surface area contributed by atoms with Crippen molar-refractivity contribution >= 4 is 5.65 Å². The third-order valence-corrected chi connectivity index (χ3v) is 5.32. The van der Waals surface area contributed by atoms with Crippen LogP contribution in [0, 0.1) is 20.8 Å². The van der Waals surface area contributed by atoms with Gasteiger partial charge in [0.1, 0.15) is 5.65 Å². The lowest BCUT2D eigenvalue weighted by Gasteiger charge is -2.20. The summed E-state index contributed by atoms with van der Waals surface area (Å²) in [5.41, 5.74) is 8.57. The Kier molecular flexibility index (Phi) is 4.79. The molecule has 0 amide bonds. The Morgan fingerprint density at radius 1 is 1.00 bits per heavy atom. The summed E-state index contributed by atoms with van der Waals surface area (Å²) in [7, 11) is 0. The molecule has 2 aromatic heterocycles. The topological polar surface area (TPSA) is 32.6 Å². The molecule has 136 valence electrons. The van der Waals surface area contributed by atoms with Gasteiger partial charge in [-0.2, -0.15) is 0 Å². The molecule has 3 heterocycles. The lowest BCUT2D eigenvalue weighted by molar-refractivity contribution is 0.281. The lowest BCUT2D eigenvalue weighted by atomic mass is 10.0. The van der Waals surface area contributed by atoms with Gasteiger partial charge in [-0.1, -0.05) is 23.8 Å². The molecule has 4 heteroatoms. The number of aromatic nitrogens is 2. The molecule has 26 heavy (non-hydrogen) atoms. The number of rotatable bonds is 3. The van der Waals surface area contributed by atoms with Gasteiger partial charge >= 0.3 is 0 Å². The maximum absolute atomic E-state index is 5.04. The third kappa shape index (κ3) is 3.39. The Bertz CT molecular complexity index is 917. The predicted molar refractivity (Wildman–Crippen MR) is 108 cm³/mol. The third-order valence-electron chi connectivity index (χ3n) is 5.32. The van der Waals surface area contributed by atoms with Crippen molar-refractivity contribution in [1.29, 1.82) is 0 Å². The van der Waals surface area contributed by atoms with Gasteiger partial charge in [-0.3, -0.25) is 4.90 Å². The van der Waals surface area contributed by atoms with Gasteiger partial charge < -0.3 is 9.72 Å². The fourth-order valence-corrected chi connectivity index (χ4v) is 3.91. The first kappa shape index (κ1) is 17.3. The first-order valence-electron chi connectivity index (χ1n) is 9.60. The molecule has 0 saturated carbocycles. The first-order valence-corrected chi connectivity index (χ1v) is 9.60. The summed E-state index contributed by atoms with van der Waals surface area (Å²) in [6.45, 7) is 11.8. The van der Waals surface area contributed by atoms with Crippen LogP contribution in [0.2, 0.25) is 0 Å². The van der Waals surface area contributed by atoms with Crippen molar-refractivity contribution in [3.05, 3.63) is 58.9 Å². The molecule has 0 aliphatic carbocycles. The van der Waals surface area contributed by atoms with E-state index in [1.807, 2.05) is 0 Å². The van der Waals surface area contributed by atoms with E-state index in [2.05, 4.69) is 71.9 Å². The fraction of sp³-hybridized carbons (Fsp3) is 0.409. The summed E-state index contributed by atoms with van der Waals surface area (Å²) < 4.78 is 2.28. The maximum Gasteiger partial charge on any atom is 0.137 e. The number of hydrogen-bond acceptors (Lipinski definition) is 3. The second-order valence-corrected chi connectivity index (χ2v) is 7.54. The number of benzene rings is 1. The average molecular weight is 348 g/mol. The van der Waals surface area contributed by atoms with E-state index in [4.69, 9.17) is 4.98 Å². The van der Waals surface area contributed by atoms with Crippen LogP contribution in [0.25, 0.3) is 16.9 Å². The molecule has 0 bridgehead atoms. The van der Waals surface area contributed by atoms with Gasteiger partial charge in [-0.25, -0.2) is 4.98 Å². The van der Waals surface area contributed by atoms with Gasteiger partial charge in [0.05, 0.1) is 11.4 Å². The quantitative estimate of drug-likeness (QED) is 0.783. The van der Waals surface area contributed by atoms with E-state index in [1.54, 1.807) is 0 Å². The molecule has 3 aromatic rings. The zero-order chi connectivity index (χ0) is 18.1. The number of aryl methyl sites for hydroxylation is 3. The molecule has 0 unspecified atom stereocenters. The second kappa shape index (κ2) is 7.22. The molecule has 1 aliphatic heterocycles. The predicted octanol–water partition coefficient (Wildman–Crippen LogP) is 3.72. The monoisotopic (exact) mass is 348 g/mol. The largest absolute Gasteiger partial charge is 0.315 e. The van der Waals surface area contributed by atoms with E-state index >= 15 is 0 Å². The van der Waals surface area contributed by atoms with E-state index in [0.717, 1.165) is 44.1 Å². The normalized spacial score (nSPS) is 16.1. The molecule has 1 N–H and O–H groups in total. The number of imidazole rings is 1. The zero-order valence-corrected chi connectivity index (χ0v) is 16.0. The molecular weight excluding hydrogens is 320 g/mol. The highest BCUT2D eigenvalue weighted by Gasteiger charge is 2.19. The summed E-state index contributed by atoms with van der Waals surface area (Å²) >= 11 is 0. The second-order valence-electron chi connectivity index (χ2n) is 7.54. The molecule has 0 atom stereocenters. The first-order chi connectivity index (χ1) is 12.6. The minimum absolute atomic E-state index is 0.939. The standard InChI is InChI=1S/C22H28N4/c1-16-5-6-19(18(3)13-16)22-20(15-25-10-4-8-23-9-12-25)26-11-7-17(2)14-21(26)24-22/h5-7,11,13-14,23H,4,8-10,12,15H2,1-3H3. The number of pyridine rings is 1. The van der Waals surface area contributed by atoms with Gasteiger partial charge in [-0.05, 0) is 63.5 Å². The Hall–Kier alpha value is -2.17. The highest BCUT2D eigenvalue weighted by molar-refractivity contribution is 5.70. The minimum Gasteiger partial charge on any atom is -0.315 e. The Morgan fingerprint density at radius 2 is 1.85 bits per heavy atom. The van der Waals surface area contributed by atoms with E-state index in [9.17, 15) is 0 Å². The van der Waals surface area contributed by atoms with Crippen LogP contribution >= 0.6 is 0 Å². The van der Waals surface area contributed by atoms with Crippen molar-refractivity contribution in [3.8, 4) is 11.3 Å². The van der Waals surface area contributed by atoms with Crippen molar-refractivity contribution in [1.82, 2.24) is 19.6 Å². The van der Waals surface area contributed by atoms with Crippen molar-refractivity contribution in [2.75, 3.05) is 26.2 Å². The van der Waals surface area contributed by atoms with Crippen LogP contribution in [0.1, 0.15) is 28.8 Å². The molecular formula is C22H28N4. The zero-order valence-electron chi connectivity index (χ0n) is 16.0. The smallest absolute Gasteiger partial charge is 0.137 e. The minimum atomic E-state index is 0.939. The molecule has 0 radical (unpaired) electrons. The summed E-state index contributed by atoms with van der Waals surface area (Å²) in [6.07, 6.45) is 3.38. The molecule has 1 saturated heterocycles. The fourth-order valence-electron chi connectivity index (χ4n) is 3.91. The summed E-state index contributed by atoms with van der Waals surface area (Å²) in [6, 6.07) is 11.0. The van der Waals surface area contributed by atoms with Gasteiger partial charge in [0.15, 0.2) is 0 Å². The van der Waals surface area contributed by atoms with Crippen LogP contribution in [0.3, 0.4) is 0 Å². The van der Waals surface area contributed by atoms with Crippen LogP contribution < -0.4 is 5.32 Å². The Labute approximate surface area is 155 Å². The van der Waals surface area contributed by atoms with Crippen LogP contribution in [0.4, 0.5) is 0 Å². The summed E-state index contributed by atoms with van der Waals surface area (Å²) in [5.74, 6) is 0. The summed E-state index contributed by atoms with van der Waals surface area (Å²) in [4.78, 5) is 7.60. The Balaban J connectivity index is 1.82. The highest BCUT2D eigenvalue weighted by Crippen LogP contribution is 2.29. The number of nitrogens with zero attached hydrogens (tertiary/aromatic N) is 3. The number of hydrogen-bond donors (Lipinski definition) is 1. The molecule has 4 rings (SSSR count). The molecule has 0 spiro atoms. The van der Waals surface area contributed by atoms with E-state index < -0.39 is 0 Å². The highest BCUT2D eigenvalue weighted by atomic mass is 15.2. The van der Waals surface area contributed by atoms with Crippen LogP contribution in [-0.4, -0.2) is 40.5 Å². The van der Waals surface area contributed by atoms with Crippen LogP contribution in [-0.2, 0) is 6.54 Å². The van der Waals surface area contributed by atoms with Gasteiger partial charge in [0.2, 0.25) is 0 Å². The van der Waals surface area contributed by atoms with Gasteiger partial charge in [0.25, 0.3) is 0 Å². The molecule has 4 nitrogen and oxygen atoms in total. The number of nitrogens with one attached hydrogen (secondary N) is 1. The van der Waals surface area contributed by atoms with Gasteiger partial charge in [-0.15, -0.1) is 0 Å². The molecule has 1 fully saturated rings. The summed E-state index contributed by atoms with van der Waals surface area (Å²) in [5, 5.41) is 3.50. The van der Waals surface area contributed by atoms with Crippen molar-refractivity contribution in [2.45, 2.75) is 33.7 Å². The van der Waals surface area contributed by atoms with Crippen molar-refractivity contribution in [3.63, 3.8) is 0 Å². The van der Waals surface area contributed by atoms with Crippen LogP contribution in [0.15, 0.2) is 36.5 Å². The maximum atomic E-state index is 5.04. The lowest BCUT2D eigenvalue weighted by Crippen LogP contribution is -2.28. The van der Waals surface area contributed by atoms with Crippen molar-refractivity contribution < 1.29 is 0 Å². The van der Waals surface area contributed by atoms with Crippen molar-refractivity contribution in [2.24, 2.45) is 0 Å². The molecule has 1 aliphatic rings. The SMILES string of the molecule is Cc1ccc(-c2nc3cc(C)ccn3c2CN2CCCNCC2)c(C)c1.